The maximum Gasteiger partial charge on any atom is 0.0546 e. The fourth-order valence-electron chi connectivity index (χ4n) is 10.0. The fraction of sp³-hybridized carbons (Fsp3) is 0. The molecular formula is C70H50N2. The van der Waals surface area contributed by atoms with Gasteiger partial charge in [-0.05, 0) is 145 Å². The minimum atomic E-state index is 1.06. The highest BCUT2D eigenvalue weighted by molar-refractivity contribution is 6.07. The summed E-state index contributed by atoms with van der Waals surface area (Å²) >= 11 is 0. The first-order valence-corrected chi connectivity index (χ1v) is 24.7. The predicted molar refractivity (Wildman–Crippen MR) is 306 cm³/mol. The van der Waals surface area contributed by atoms with E-state index in [1.165, 1.54) is 49.9 Å². The third-order valence-electron chi connectivity index (χ3n) is 13.7. The largest absolute Gasteiger partial charge is 0.310 e. The van der Waals surface area contributed by atoms with Crippen LogP contribution in [-0.4, -0.2) is 0 Å². The minimum Gasteiger partial charge on any atom is -0.310 e. The van der Waals surface area contributed by atoms with Gasteiger partial charge in [-0.3, -0.25) is 0 Å². The van der Waals surface area contributed by atoms with Gasteiger partial charge in [0.05, 0.1) is 5.69 Å². The van der Waals surface area contributed by atoms with Crippen LogP contribution in [-0.2, 0) is 0 Å². The molecule has 0 aliphatic rings. The molecule has 0 heterocycles. The second-order valence-electron chi connectivity index (χ2n) is 18.1. The highest BCUT2D eigenvalue weighted by Crippen LogP contribution is 2.48. The number of nitrogens with zero attached hydrogens (tertiary/aromatic N) is 2. The first-order chi connectivity index (χ1) is 35.7. The van der Waals surface area contributed by atoms with E-state index >= 15 is 0 Å². The average molecular weight is 919 g/mol. The van der Waals surface area contributed by atoms with E-state index in [0.717, 1.165) is 61.8 Å². The van der Waals surface area contributed by atoms with Crippen LogP contribution in [0.1, 0.15) is 0 Å². The SMILES string of the molecule is c1ccc(-c2ccc(N(c3ccc(-c4ccccc4)cc3)c3cc(-c4ccccc4)c4cc(-c5ccccc5)c(N(c5ccc(-c6ccccc6)cc5)c5ccc(-c6ccccc6)cc5)cc4c3)cc2)cc1. The molecule has 0 amide bonds. The molecule has 0 N–H and O–H groups in total. The molecule has 0 spiro atoms. The van der Waals surface area contributed by atoms with Crippen molar-refractivity contribution in [1.82, 2.24) is 0 Å². The highest BCUT2D eigenvalue weighted by Gasteiger charge is 2.23. The lowest BCUT2D eigenvalue weighted by Crippen LogP contribution is -2.12. The monoisotopic (exact) mass is 918 g/mol. The smallest absolute Gasteiger partial charge is 0.0546 e. The first-order valence-electron chi connectivity index (χ1n) is 24.7. The fourth-order valence-corrected chi connectivity index (χ4v) is 10.0. The molecule has 340 valence electrons. The molecule has 0 radical (unpaired) electrons. The van der Waals surface area contributed by atoms with Gasteiger partial charge in [-0.1, -0.05) is 231 Å². The Morgan fingerprint density at radius 1 is 0.181 bits per heavy atom. The predicted octanol–water partition coefficient (Wildman–Crippen LogP) is 19.8. The Morgan fingerprint density at radius 2 is 0.458 bits per heavy atom. The summed E-state index contributed by atoms with van der Waals surface area (Å²) in [5.74, 6) is 0. The van der Waals surface area contributed by atoms with Crippen molar-refractivity contribution in [3.63, 3.8) is 0 Å². The first kappa shape index (κ1) is 43.8. The summed E-state index contributed by atoms with van der Waals surface area (Å²) in [6.45, 7) is 0. The number of anilines is 6. The second-order valence-corrected chi connectivity index (χ2v) is 18.1. The Bertz CT molecular complexity index is 3550. The van der Waals surface area contributed by atoms with E-state index in [2.05, 4.69) is 313 Å². The van der Waals surface area contributed by atoms with Gasteiger partial charge in [0.25, 0.3) is 0 Å². The molecule has 0 saturated carbocycles. The third kappa shape index (κ3) is 8.97. The summed E-state index contributed by atoms with van der Waals surface area (Å²) in [7, 11) is 0. The lowest BCUT2D eigenvalue weighted by Gasteiger charge is -2.30. The normalized spacial score (nSPS) is 11.1. The minimum absolute atomic E-state index is 1.06. The van der Waals surface area contributed by atoms with E-state index in [4.69, 9.17) is 0 Å². The quantitative estimate of drug-likeness (QED) is 0.120. The Morgan fingerprint density at radius 3 is 0.792 bits per heavy atom. The summed E-state index contributed by atoms with van der Waals surface area (Å²) < 4.78 is 0. The Hall–Kier alpha value is -9.50. The number of benzene rings is 12. The van der Waals surface area contributed by atoms with Gasteiger partial charge < -0.3 is 9.80 Å². The van der Waals surface area contributed by atoms with Crippen LogP contribution in [0.15, 0.2) is 303 Å². The zero-order valence-electron chi connectivity index (χ0n) is 39.8. The number of fused-ring (bicyclic) bond motifs is 1. The lowest BCUT2D eigenvalue weighted by atomic mass is 9.91. The molecule has 12 aromatic rings. The maximum absolute atomic E-state index is 2.43. The van der Waals surface area contributed by atoms with Crippen molar-refractivity contribution >= 4 is 44.9 Å². The van der Waals surface area contributed by atoms with Gasteiger partial charge in [0, 0.05) is 34.0 Å². The van der Waals surface area contributed by atoms with E-state index in [-0.39, 0.29) is 0 Å². The van der Waals surface area contributed by atoms with E-state index in [9.17, 15) is 0 Å². The number of rotatable bonds is 12. The molecule has 0 atom stereocenters. The van der Waals surface area contributed by atoms with Crippen molar-refractivity contribution in [2.45, 2.75) is 0 Å². The van der Waals surface area contributed by atoms with Crippen molar-refractivity contribution in [3.05, 3.63) is 303 Å². The van der Waals surface area contributed by atoms with Crippen LogP contribution in [0.2, 0.25) is 0 Å². The van der Waals surface area contributed by atoms with E-state index in [0.29, 0.717) is 0 Å². The molecule has 2 nitrogen and oxygen atoms in total. The van der Waals surface area contributed by atoms with Gasteiger partial charge in [0.15, 0.2) is 0 Å². The zero-order valence-corrected chi connectivity index (χ0v) is 39.8. The Kier molecular flexibility index (Phi) is 12.1. The van der Waals surface area contributed by atoms with Gasteiger partial charge in [-0.25, -0.2) is 0 Å². The topological polar surface area (TPSA) is 6.48 Å². The van der Waals surface area contributed by atoms with Crippen molar-refractivity contribution in [2.75, 3.05) is 9.80 Å². The van der Waals surface area contributed by atoms with Crippen LogP contribution >= 0.6 is 0 Å². The van der Waals surface area contributed by atoms with Crippen LogP contribution < -0.4 is 9.80 Å². The number of hydrogen-bond donors (Lipinski definition) is 0. The zero-order chi connectivity index (χ0) is 48.1. The molecule has 0 saturated heterocycles. The van der Waals surface area contributed by atoms with Crippen LogP contribution in [0, 0.1) is 0 Å². The van der Waals surface area contributed by atoms with E-state index < -0.39 is 0 Å². The molecule has 0 aliphatic heterocycles. The molecule has 0 aliphatic carbocycles. The van der Waals surface area contributed by atoms with Gasteiger partial charge >= 0.3 is 0 Å². The summed E-state index contributed by atoms with van der Waals surface area (Å²) in [5.41, 5.74) is 20.5. The van der Waals surface area contributed by atoms with Crippen molar-refractivity contribution < 1.29 is 0 Å². The molecule has 0 bridgehead atoms. The van der Waals surface area contributed by atoms with Crippen LogP contribution in [0.25, 0.3) is 77.5 Å². The number of hydrogen-bond acceptors (Lipinski definition) is 2. The molecular weight excluding hydrogens is 869 g/mol. The standard InChI is InChI=1S/C70H50N2/c1-7-19-51(20-8-1)55-31-39-62(40-32-55)71(63-41-33-56(34-42-63)52-21-9-2-10-22-52)66-47-61-48-70(69(60-29-17-6-18-30-60)50-68(61)67(49-66)59-27-15-5-16-28-59)72(64-43-35-57(36-44-64)53-23-11-3-12-24-53)65-45-37-58(38-46-65)54-25-13-4-14-26-54/h1-50H. The highest BCUT2D eigenvalue weighted by atomic mass is 15.2. The molecule has 0 fully saturated rings. The molecule has 12 rings (SSSR count). The van der Waals surface area contributed by atoms with Gasteiger partial charge in [0.2, 0.25) is 0 Å². The molecule has 72 heavy (non-hydrogen) atoms. The van der Waals surface area contributed by atoms with Crippen molar-refractivity contribution in [1.29, 1.82) is 0 Å². The van der Waals surface area contributed by atoms with Gasteiger partial charge in [0.1, 0.15) is 0 Å². The van der Waals surface area contributed by atoms with Crippen LogP contribution in [0.5, 0.6) is 0 Å². The third-order valence-corrected chi connectivity index (χ3v) is 13.7. The maximum atomic E-state index is 2.43. The lowest BCUT2D eigenvalue weighted by molar-refractivity contribution is 1.28. The summed E-state index contributed by atoms with van der Waals surface area (Å²) in [5, 5.41) is 2.30. The van der Waals surface area contributed by atoms with E-state index in [1.54, 1.807) is 0 Å². The summed E-state index contributed by atoms with van der Waals surface area (Å²) in [6.07, 6.45) is 0. The Labute approximate surface area is 422 Å². The summed E-state index contributed by atoms with van der Waals surface area (Å²) in [6, 6.07) is 110. The second kappa shape index (κ2) is 19.8. The van der Waals surface area contributed by atoms with Crippen LogP contribution in [0.4, 0.5) is 34.1 Å². The molecule has 2 heteroatoms. The van der Waals surface area contributed by atoms with Crippen molar-refractivity contribution in [2.24, 2.45) is 0 Å². The molecule has 0 unspecified atom stereocenters. The van der Waals surface area contributed by atoms with Gasteiger partial charge in [-0.2, -0.15) is 0 Å². The van der Waals surface area contributed by atoms with Crippen molar-refractivity contribution in [3.8, 4) is 66.8 Å². The van der Waals surface area contributed by atoms with E-state index in [1.807, 2.05) is 0 Å². The summed E-state index contributed by atoms with van der Waals surface area (Å²) in [4.78, 5) is 4.84. The molecule has 12 aromatic carbocycles. The Balaban J connectivity index is 1.09. The van der Waals surface area contributed by atoms with Crippen LogP contribution in [0.3, 0.4) is 0 Å². The molecule has 0 aromatic heterocycles. The van der Waals surface area contributed by atoms with Gasteiger partial charge in [-0.15, -0.1) is 0 Å². The average Bonchev–Trinajstić information content (AvgIpc) is 3.47.